The minimum Gasteiger partial charge on any atom is -0.459 e. The molecule has 1 aromatic carbocycles. The molecular weight excluding hydrogens is 280 g/mol. The third kappa shape index (κ3) is 4.01. The van der Waals surface area contributed by atoms with Crippen LogP contribution in [0.15, 0.2) is 34.7 Å². The van der Waals surface area contributed by atoms with E-state index in [0.29, 0.717) is 6.42 Å². The number of hydrogen-bond acceptors (Lipinski definition) is 3. The molecule has 3 N–H and O–H groups in total. The molecule has 0 saturated carbocycles. The highest BCUT2D eigenvalue weighted by Gasteiger charge is 2.18. The molecule has 0 aliphatic heterocycles. The first-order valence-electron chi connectivity index (χ1n) is 7.67. The molecule has 0 fully saturated rings. The summed E-state index contributed by atoms with van der Waals surface area (Å²) in [5.74, 6) is 0.985. The molecule has 2 atom stereocenters. The Morgan fingerprint density at radius 3 is 2.59 bits per heavy atom. The van der Waals surface area contributed by atoms with Crippen molar-refractivity contribution in [2.75, 3.05) is 6.61 Å². The number of fused-ring (bicyclic) bond motifs is 1. The van der Waals surface area contributed by atoms with Gasteiger partial charge in [-0.3, -0.25) is 0 Å². The van der Waals surface area contributed by atoms with Crippen molar-refractivity contribution in [3.05, 3.63) is 36.1 Å². The lowest BCUT2D eigenvalue weighted by atomic mass is 10.0. The number of carbonyl (C=O) groups is 1. The SMILES string of the molecule is CC(NC(=O)NC(CCO)C(C)C)c1cc2ccccc2o1. The highest BCUT2D eigenvalue weighted by molar-refractivity contribution is 5.78. The van der Waals surface area contributed by atoms with Crippen LogP contribution in [0.3, 0.4) is 0 Å². The lowest BCUT2D eigenvalue weighted by molar-refractivity contribution is 0.215. The summed E-state index contributed by atoms with van der Waals surface area (Å²) < 4.78 is 5.75. The lowest BCUT2D eigenvalue weighted by Crippen LogP contribution is -2.45. The topological polar surface area (TPSA) is 74.5 Å². The van der Waals surface area contributed by atoms with Gasteiger partial charge in [0.1, 0.15) is 11.3 Å². The molecule has 0 aliphatic carbocycles. The van der Waals surface area contributed by atoms with Gasteiger partial charge in [0.15, 0.2) is 0 Å². The fraction of sp³-hybridized carbons (Fsp3) is 0.471. The third-order valence-corrected chi connectivity index (χ3v) is 3.78. The van der Waals surface area contributed by atoms with Crippen LogP contribution in [0.4, 0.5) is 4.79 Å². The Balaban J connectivity index is 1.98. The molecule has 120 valence electrons. The maximum Gasteiger partial charge on any atom is 0.315 e. The first kappa shape index (κ1) is 16.4. The van der Waals surface area contributed by atoms with Crippen molar-refractivity contribution in [3.63, 3.8) is 0 Å². The number of benzene rings is 1. The van der Waals surface area contributed by atoms with E-state index in [1.165, 1.54) is 0 Å². The van der Waals surface area contributed by atoms with Gasteiger partial charge in [-0.15, -0.1) is 0 Å². The van der Waals surface area contributed by atoms with Crippen molar-refractivity contribution in [3.8, 4) is 0 Å². The van der Waals surface area contributed by atoms with E-state index in [9.17, 15) is 4.79 Å². The van der Waals surface area contributed by atoms with Gasteiger partial charge in [0, 0.05) is 18.0 Å². The third-order valence-electron chi connectivity index (χ3n) is 3.78. The van der Waals surface area contributed by atoms with Crippen molar-refractivity contribution in [2.45, 2.75) is 39.3 Å². The zero-order valence-corrected chi connectivity index (χ0v) is 13.3. The number of nitrogens with one attached hydrogen (secondary N) is 2. The minimum absolute atomic E-state index is 0.0483. The first-order valence-corrected chi connectivity index (χ1v) is 7.67. The molecular formula is C17H24N2O3. The second-order valence-corrected chi connectivity index (χ2v) is 5.89. The van der Waals surface area contributed by atoms with Gasteiger partial charge in [-0.25, -0.2) is 4.79 Å². The number of hydrogen-bond donors (Lipinski definition) is 3. The van der Waals surface area contributed by atoms with Crippen LogP contribution < -0.4 is 10.6 Å². The van der Waals surface area contributed by atoms with E-state index < -0.39 is 0 Å². The normalized spacial score (nSPS) is 14.0. The molecule has 1 heterocycles. The Bertz CT molecular complexity index is 588. The fourth-order valence-electron chi connectivity index (χ4n) is 2.40. The van der Waals surface area contributed by atoms with Crippen LogP contribution >= 0.6 is 0 Å². The van der Waals surface area contributed by atoms with Crippen LogP contribution in [-0.2, 0) is 0 Å². The number of carbonyl (C=O) groups excluding carboxylic acids is 1. The van der Waals surface area contributed by atoms with E-state index >= 15 is 0 Å². The average molecular weight is 304 g/mol. The Labute approximate surface area is 130 Å². The minimum atomic E-state index is -0.250. The standard InChI is InChI=1S/C17H24N2O3/c1-11(2)14(8-9-20)19-17(21)18-12(3)16-10-13-6-4-5-7-15(13)22-16/h4-7,10-12,14,20H,8-9H2,1-3H3,(H2,18,19,21). The number of furan rings is 1. The summed E-state index contributed by atoms with van der Waals surface area (Å²) in [6, 6.07) is 9.17. The number of amides is 2. The monoisotopic (exact) mass is 304 g/mol. The molecule has 2 amide bonds. The number of para-hydroxylation sites is 1. The number of urea groups is 1. The molecule has 5 nitrogen and oxygen atoms in total. The van der Waals surface area contributed by atoms with Gasteiger partial charge < -0.3 is 20.2 Å². The summed E-state index contributed by atoms with van der Waals surface area (Å²) in [5.41, 5.74) is 0.812. The van der Waals surface area contributed by atoms with Crippen molar-refractivity contribution >= 4 is 17.0 Å². The highest BCUT2D eigenvalue weighted by atomic mass is 16.3. The molecule has 22 heavy (non-hydrogen) atoms. The van der Waals surface area contributed by atoms with Crippen molar-refractivity contribution in [1.82, 2.24) is 10.6 Å². The first-order chi connectivity index (χ1) is 10.5. The summed E-state index contributed by atoms with van der Waals surface area (Å²) in [6.45, 7) is 5.97. The largest absolute Gasteiger partial charge is 0.459 e. The fourth-order valence-corrected chi connectivity index (χ4v) is 2.40. The molecule has 0 aliphatic rings. The van der Waals surface area contributed by atoms with Gasteiger partial charge in [0.05, 0.1) is 6.04 Å². The zero-order valence-electron chi connectivity index (χ0n) is 13.3. The molecule has 0 radical (unpaired) electrons. The van der Waals surface area contributed by atoms with Crippen LogP contribution in [0.25, 0.3) is 11.0 Å². The average Bonchev–Trinajstić information content (AvgIpc) is 2.90. The van der Waals surface area contributed by atoms with Crippen LogP contribution in [0, 0.1) is 5.92 Å². The van der Waals surface area contributed by atoms with Crippen molar-refractivity contribution < 1.29 is 14.3 Å². The summed E-state index contributed by atoms with van der Waals surface area (Å²) in [7, 11) is 0. The molecule has 0 spiro atoms. The number of aliphatic hydroxyl groups is 1. The molecule has 2 unspecified atom stereocenters. The van der Waals surface area contributed by atoms with E-state index in [1.807, 2.05) is 51.1 Å². The second kappa shape index (κ2) is 7.31. The predicted molar refractivity (Wildman–Crippen MR) is 86.6 cm³/mol. The van der Waals surface area contributed by atoms with Crippen LogP contribution in [0.5, 0.6) is 0 Å². The quantitative estimate of drug-likeness (QED) is 0.767. The van der Waals surface area contributed by atoms with E-state index in [0.717, 1.165) is 16.7 Å². The summed E-state index contributed by atoms with van der Waals surface area (Å²) >= 11 is 0. The summed E-state index contributed by atoms with van der Waals surface area (Å²) in [4.78, 5) is 12.1. The van der Waals surface area contributed by atoms with E-state index in [1.54, 1.807) is 0 Å². The van der Waals surface area contributed by atoms with Crippen LogP contribution in [-0.4, -0.2) is 23.8 Å². The van der Waals surface area contributed by atoms with Gasteiger partial charge in [0.25, 0.3) is 0 Å². The lowest BCUT2D eigenvalue weighted by Gasteiger charge is -2.22. The molecule has 5 heteroatoms. The van der Waals surface area contributed by atoms with E-state index in [-0.39, 0.29) is 30.6 Å². The number of rotatable bonds is 6. The van der Waals surface area contributed by atoms with Crippen molar-refractivity contribution in [1.29, 1.82) is 0 Å². The summed E-state index contributed by atoms with van der Waals surface area (Å²) in [5, 5.41) is 15.8. The second-order valence-electron chi connectivity index (χ2n) is 5.89. The predicted octanol–water partition coefficient (Wildman–Crippen LogP) is 3.20. The smallest absolute Gasteiger partial charge is 0.315 e. The molecule has 2 aromatic rings. The van der Waals surface area contributed by atoms with Gasteiger partial charge in [-0.05, 0) is 31.4 Å². The molecule has 1 aromatic heterocycles. The van der Waals surface area contributed by atoms with Crippen LogP contribution in [0.1, 0.15) is 39.0 Å². The van der Waals surface area contributed by atoms with Gasteiger partial charge in [-0.1, -0.05) is 32.0 Å². The Hall–Kier alpha value is -2.01. The Kier molecular flexibility index (Phi) is 5.44. The Morgan fingerprint density at radius 1 is 1.23 bits per heavy atom. The van der Waals surface area contributed by atoms with Gasteiger partial charge in [-0.2, -0.15) is 0 Å². The Morgan fingerprint density at radius 2 is 1.95 bits per heavy atom. The molecule has 2 rings (SSSR count). The maximum atomic E-state index is 12.1. The number of aliphatic hydroxyl groups excluding tert-OH is 1. The van der Waals surface area contributed by atoms with Gasteiger partial charge >= 0.3 is 6.03 Å². The van der Waals surface area contributed by atoms with E-state index in [2.05, 4.69) is 10.6 Å². The highest BCUT2D eigenvalue weighted by Crippen LogP contribution is 2.23. The van der Waals surface area contributed by atoms with Gasteiger partial charge in [0.2, 0.25) is 0 Å². The summed E-state index contributed by atoms with van der Waals surface area (Å²) in [6.07, 6.45) is 0.546. The van der Waals surface area contributed by atoms with Crippen LogP contribution in [0.2, 0.25) is 0 Å². The molecule has 0 saturated heterocycles. The zero-order chi connectivity index (χ0) is 16.1. The van der Waals surface area contributed by atoms with E-state index in [4.69, 9.17) is 9.52 Å². The maximum absolute atomic E-state index is 12.1. The molecule has 0 bridgehead atoms. The van der Waals surface area contributed by atoms with Crippen molar-refractivity contribution in [2.24, 2.45) is 5.92 Å².